The lowest BCUT2D eigenvalue weighted by atomic mass is 10.1. The number of aliphatic hydroxyl groups excluding tert-OH is 1. The van der Waals surface area contributed by atoms with Gasteiger partial charge in [0.25, 0.3) is 0 Å². The molecule has 0 saturated carbocycles. The number of methoxy groups -OCH3 is 2. The number of pyridine rings is 1. The minimum absolute atomic E-state index is 0.333. The summed E-state index contributed by atoms with van der Waals surface area (Å²) < 4.78 is 18.9. The molecule has 0 spiro atoms. The van der Waals surface area contributed by atoms with Crippen LogP contribution in [0.1, 0.15) is 11.8 Å². The summed E-state index contributed by atoms with van der Waals surface area (Å²) in [6, 6.07) is 8.11. The summed E-state index contributed by atoms with van der Waals surface area (Å²) in [6.07, 6.45) is -0.316. The van der Waals surface area contributed by atoms with Gasteiger partial charge in [-0.2, -0.15) is 0 Å². The van der Waals surface area contributed by atoms with Gasteiger partial charge in [0.15, 0.2) is 6.23 Å². The molecule has 23 heavy (non-hydrogen) atoms. The van der Waals surface area contributed by atoms with E-state index in [9.17, 15) is 5.11 Å². The van der Waals surface area contributed by atoms with Crippen molar-refractivity contribution in [1.29, 1.82) is 0 Å². The van der Waals surface area contributed by atoms with Crippen LogP contribution in [0.2, 0.25) is 0 Å². The van der Waals surface area contributed by atoms with Gasteiger partial charge >= 0.3 is 0 Å². The van der Waals surface area contributed by atoms with E-state index in [1.807, 2.05) is 31.3 Å². The van der Waals surface area contributed by atoms with E-state index < -0.39 is 18.4 Å². The zero-order chi connectivity index (χ0) is 16.6. The monoisotopic (exact) mass is 335 g/mol. The first kappa shape index (κ1) is 16.5. The zero-order valence-electron chi connectivity index (χ0n) is 13.4. The summed E-state index contributed by atoms with van der Waals surface area (Å²) in [5.41, 5.74) is 1.18. The second-order valence-corrected chi connectivity index (χ2v) is 6.22. The molecular weight excluding hydrogens is 314 g/mol. The number of hydrogen-bond donors (Lipinski definition) is 1. The van der Waals surface area contributed by atoms with Crippen LogP contribution >= 0.6 is 12.2 Å². The van der Waals surface area contributed by atoms with E-state index in [2.05, 4.69) is 6.07 Å². The van der Waals surface area contributed by atoms with Crippen molar-refractivity contribution in [3.63, 3.8) is 0 Å². The lowest BCUT2D eigenvalue weighted by molar-refractivity contribution is -0.0629. The maximum atomic E-state index is 10.6. The first-order valence-corrected chi connectivity index (χ1v) is 7.94. The van der Waals surface area contributed by atoms with Crippen LogP contribution in [0.15, 0.2) is 30.5 Å². The minimum atomic E-state index is -0.810. The van der Waals surface area contributed by atoms with Crippen molar-refractivity contribution >= 4 is 23.0 Å². The number of aryl methyl sites for hydroxylation is 1. The predicted molar refractivity (Wildman–Crippen MR) is 90.1 cm³/mol. The van der Waals surface area contributed by atoms with Gasteiger partial charge in [-0.1, -0.05) is 36.0 Å². The number of ether oxygens (including phenoxy) is 3. The number of nitrogens with zero attached hydrogens (tertiary/aromatic N) is 1. The first-order chi connectivity index (χ1) is 11.1. The molecule has 3 rings (SSSR count). The molecule has 0 aliphatic carbocycles. The molecule has 0 radical (unpaired) electrons. The van der Waals surface area contributed by atoms with Gasteiger partial charge in [0.05, 0.1) is 6.61 Å². The lowest BCUT2D eigenvalue weighted by Crippen LogP contribution is -2.35. The average Bonchev–Trinajstić information content (AvgIpc) is 2.83. The molecule has 4 unspecified atom stereocenters. The molecule has 2 heterocycles. The molecule has 6 heteroatoms. The Morgan fingerprint density at radius 2 is 2.09 bits per heavy atom. The summed E-state index contributed by atoms with van der Waals surface area (Å²) in [4.78, 5) is 0. The van der Waals surface area contributed by atoms with Crippen LogP contribution in [0.3, 0.4) is 0 Å². The molecule has 124 valence electrons. The molecule has 1 aliphatic heterocycles. The minimum Gasteiger partial charge on any atom is -0.386 e. The maximum absolute atomic E-state index is 10.6. The molecule has 1 saturated heterocycles. The highest BCUT2D eigenvalue weighted by Crippen LogP contribution is 2.32. The van der Waals surface area contributed by atoms with E-state index in [1.165, 1.54) is 5.56 Å². The normalized spacial score (nSPS) is 27.7. The van der Waals surface area contributed by atoms with Crippen LogP contribution in [0.4, 0.5) is 0 Å². The van der Waals surface area contributed by atoms with Gasteiger partial charge < -0.3 is 23.9 Å². The van der Waals surface area contributed by atoms with Gasteiger partial charge in [0.2, 0.25) is 0 Å². The standard InChI is InChI=1S/C17H21NO4S/c1-10-4-5-12-11(8-10)6-7-18(17(12)23)16-14(19)15(21-3)13(22-16)9-20-2/h4-8,13-16,19H,9H2,1-3H3. The highest BCUT2D eigenvalue weighted by atomic mass is 32.1. The van der Waals surface area contributed by atoms with Crippen LogP contribution in [-0.2, 0) is 14.2 Å². The van der Waals surface area contributed by atoms with Gasteiger partial charge in [-0.15, -0.1) is 0 Å². The van der Waals surface area contributed by atoms with Crippen LogP contribution in [-0.4, -0.2) is 48.8 Å². The first-order valence-electron chi connectivity index (χ1n) is 7.53. The average molecular weight is 335 g/mol. The third-order valence-corrected chi connectivity index (χ3v) is 4.70. The molecule has 1 aromatic heterocycles. The number of aliphatic hydroxyl groups is 1. The summed E-state index contributed by atoms with van der Waals surface area (Å²) in [7, 11) is 3.16. The van der Waals surface area contributed by atoms with Crippen molar-refractivity contribution in [3.8, 4) is 0 Å². The van der Waals surface area contributed by atoms with E-state index in [0.29, 0.717) is 11.2 Å². The summed E-state index contributed by atoms with van der Waals surface area (Å²) >= 11 is 5.60. The number of fused-ring (bicyclic) bond motifs is 1. The van der Waals surface area contributed by atoms with E-state index in [1.54, 1.807) is 18.8 Å². The van der Waals surface area contributed by atoms with E-state index in [-0.39, 0.29) is 6.10 Å². The Bertz CT molecular complexity index is 760. The molecule has 0 amide bonds. The van der Waals surface area contributed by atoms with Crippen LogP contribution in [0.25, 0.3) is 10.8 Å². The van der Waals surface area contributed by atoms with Crippen LogP contribution < -0.4 is 0 Å². The highest BCUT2D eigenvalue weighted by Gasteiger charge is 2.44. The molecule has 1 fully saturated rings. The molecule has 5 nitrogen and oxygen atoms in total. The highest BCUT2D eigenvalue weighted by molar-refractivity contribution is 7.71. The second-order valence-electron chi connectivity index (χ2n) is 5.83. The van der Waals surface area contributed by atoms with Crippen molar-refractivity contribution < 1.29 is 19.3 Å². The van der Waals surface area contributed by atoms with Gasteiger partial charge in [-0.05, 0) is 18.4 Å². The zero-order valence-corrected chi connectivity index (χ0v) is 14.2. The number of rotatable bonds is 4. The van der Waals surface area contributed by atoms with Crippen molar-refractivity contribution in [2.24, 2.45) is 0 Å². The van der Waals surface area contributed by atoms with Crippen molar-refractivity contribution in [2.75, 3.05) is 20.8 Å². The topological polar surface area (TPSA) is 52.9 Å². The Hall–Kier alpha value is -1.31. The summed E-state index contributed by atoms with van der Waals surface area (Å²) in [5.74, 6) is 0. The second kappa shape index (κ2) is 6.67. The van der Waals surface area contributed by atoms with Crippen LogP contribution in [0.5, 0.6) is 0 Å². The third kappa shape index (κ3) is 2.93. The van der Waals surface area contributed by atoms with Crippen molar-refractivity contribution in [2.45, 2.75) is 31.5 Å². The molecule has 1 N–H and O–H groups in total. The predicted octanol–water partition coefficient (Wildman–Crippen LogP) is 2.60. The fourth-order valence-electron chi connectivity index (χ4n) is 3.12. The molecule has 1 aromatic carbocycles. The fourth-order valence-corrected chi connectivity index (χ4v) is 3.47. The van der Waals surface area contributed by atoms with E-state index in [4.69, 9.17) is 26.4 Å². The number of benzene rings is 1. The maximum Gasteiger partial charge on any atom is 0.163 e. The molecule has 2 aromatic rings. The Morgan fingerprint density at radius 1 is 1.30 bits per heavy atom. The van der Waals surface area contributed by atoms with Gasteiger partial charge in [0, 0.05) is 25.8 Å². The SMILES string of the molecule is COCC1OC(n2ccc3cc(C)ccc3c2=S)C(O)C1OC. The van der Waals surface area contributed by atoms with Gasteiger partial charge in [0.1, 0.15) is 23.0 Å². The van der Waals surface area contributed by atoms with Gasteiger partial charge in [-0.25, -0.2) is 0 Å². The number of aromatic nitrogens is 1. The molecule has 1 aliphatic rings. The van der Waals surface area contributed by atoms with Gasteiger partial charge in [-0.3, -0.25) is 0 Å². The fraction of sp³-hybridized carbons (Fsp3) is 0.471. The number of hydrogen-bond acceptors (Lipinski definition) is 5. The largest absolute Gasteiger partial charge is 0.386 e. The Kier molecular flexibility index (Phi) is 4.79. The Morgan fingerprint density at radius 3 is 2.78 bits per heavy atom. The van der Waals surface area contributed by atoms with E-state index >= 15 is 0 Å². The van der Waals surface area contributed by atoms with Crippen molar-refractivity contribution in [3.05, 3.63) is 40.7 Å². The molecule has 4 atom stereocenters. The molecular formula is C17H21NO4S. The Labute approximate surface area is 140 Å². The lowest BCUT2D eigenvalue weighted by Gasteiger charge is -2.20. The smallest absolute Gasteiger partial charge is 0.163 e. The summed E-state index contributed by atoms with van der Waals surface area (Å²) in [5, 5.41) is 12.6. The van der Waals surface area contributed by atoms with E-state index in [0.717, 1.165) is 10.8 Å². The summed E-state index contributed by atoms with van der Waals surface area (Å²) in [6.45, 7) is 2.40. The van der Waals surface area contributed by atoms with Crippen molar-refractivity contribution in [1.82, 2.24) is 4.57 Å². The third-order valence-electron chi connectivity index (χ3n) is 4.27. The molecule has 0 bridgehead atoms. The quantitative estimate of drug-likeness (QED) is 0.871. The Balaban J connectivity index is 2.01. The van der Waals surface area contributed by atoms with Crippen LogP contribution in [0, 0.1) is 11.6 Å².